The van der Waals surface area contributed by atoms with Gasteiger partial charge in [-0.2, -0.15) is 0 Å². The lowest BCUT2D eigenvalue weighted by Gasteiger charge is -2.08. The number of benzene rings is 1. The van der Waals surface area contributed by atoms with Gasteiger partial charge in [-0.3, -0.25) is 9.59 Å². The van der Waals surface area contributed by atoms with E-state index in [0.717, 1.165) is 36.8 Å². The van der Waals surface area contributed by atoms with Gasteiger partial charge in [0.2, 0.25) is 0 Å². The highest BCUT2D eigenvalue weighted by atomic mass is 16.5. The Balaban J connectivity index is 1.94. The molecule has 0 radical (unpaired) electrons. The Kier molecular flexibility index (Phi) is 6.38. The smallest absolute Gasteiger partial charge is 0.311 e. The molecule has 0 atom stereocenters. The van der Waals surface area contributed by atoms with Crippen LogP contribution in [0, 0.1) is 0 Å². The number of Topliss-reactive ketones (excluding diaryl/α,β-unsaturated/α-hetero) is 1. The molecule has 0 amide bonds. The van der Waals surface area contributed by atoms with E-state index in [1.165, 1.54) is 0 Å². The van der Waals surface area contributed by atoms with Crippen molar-refractivity contribution >= 4 is 11.8 Å². The first kappa shape index (κ1) is 16.5. The fraction of sp³-hybridized carbons (Fsp3) is 0.474. The Morgan fingerprint density at radius 1 is 1.09 bits per heavy atom. The SMILES string of the molecule is CCCCCCC(=O)OC1=C(Cc2ccccc2)CCC1=O. The molecule has 0 fully saturated rings. The van der Waals surface area contributed by atoms with Crippen LogP contribution >= 0.6 is 0 Å². The van der Waals surface area contributed by atoms with Gasteiger partial charge in [-0.1, -0.05) is 56.5 Å². The van der Waals surface area contributed by atoms with Gasteiger partial charge in [0.25, 0.3) is 0 Å². The van der Waals surface area contributed by atoms with Crippen LogP contribution in [0.4, 0.5) is 0 Å². The van der Waals surface area contributed by atoms with Crippen LogP contribution < -0.4 is 0 Å². The van der Waals surface area contributed by atoms with Crippen molar-refractivity contribution in [2.45, 2.75) is 58.3 Å². The molecule has 0 saturated carbocycles. The molecule has 0 aliphatic heterocycles. The Hall–Kier alpha value is -1.90. The number of allylic oxidation sites excluding steroid dienone is 2. The van der Waals surface area contributed by atoms with Crippen LogP contribution in [0.1, 0.15) is 57.4 Å². The number of rotatable bonds is 8. The van der Waals surface area contributed by atoms with Gasteiger partial charge >= 0.3 is 5.97 Å². The summed E-state index contributed by atoms with van der Waals surface area (Å²) in [6.07, 6.45) is 6.39. The third kappa shape index (κ3) is 4.83. The quantitative estimate of drug-likeness (QED) is 0.529. The third-order valence-corrected chi connectivity index (χ3v) is 3.94. The van der Waals surface area contributed by atoms with Crippen LogP contribution in [0.15, 0.2) is 41.7 Å². The summed E-state index contributed by atoms with van der Waals surface area (Å²) in [6.45, 7) is 2.14. The molecule has 1 aliphatic rings. The lowest BCUT2D eigenvalue weighted by molar-refractivity contribution is -0.142. The number of unbranched alkanes of at least 4 members (excludes halogenated alkanes) is 3. The molecule has 0 unspecified atom stereocenters. The van der Waals surface area contributed by atoms with Gasteiger partial charge in [0.05, 0.1) is 0 Å². The van der Waals surface area contributed by atoms with Crippen molar-refractivity contribution in [3.8, 4) is 0 Å². The van der Waals surface area contributed by atoms with Crippen molar-refractivity contribution in [3.05, 3.63) is 47.2 Å². The summed E-state index contributed by atoms with van der Waals surface area (Å²) in [7, 11) is 0. The minimum absolute atomic E-state index is 0.0344. The molecular formula is C19H24O3. The molecule has 3 nitrogen and oxygen atoms in total. The fourth-order valence-electron chi connectivity index (χ4n) is 2.69. The molecular weight excluding hydrogens is 276 g/mol. The van der Waals surface area contributed by atoms with Crippen LogP contribution in [0.2, 0.25) is 0 Å². The van der Waals surface area contributed by atoms with E-state index in [0.29, 0.717) is 31.4 Å². The average molecular weight is 300 g/mol. The second-order valence-corrected chi connectivity index (χ2v) is 5.80. The Labute approximate surface area is 132 Å². The van der Waals surface area contributed by atoms with Crippen LogP contribution in [0.5, 0.6) is 0 Å². The molecule has 0 bridgehead atoms. The summed E-state index contributed by atoms with van der Waals surface area (Å²) in [5.41, 5.74) is 2.10. The van der Waals surface area contributed by atoms with Crippen LogP contribution in [0.3, 0.4) is 0 Å². The number of hydrogen-bond donors (Lipinski definition) is 0. The lowest BCUT2D eigenvalue weighted by atomic mass is 10.0. The highest BCUT2D eigenvalue weighted by Crippen LogP contribution is 2.27. The van der Waals surface area contributed by atoms with E-state index in [4.69, 9.17) is 4.74 Å². The predicted octanol–water partition coefficient (Wildman–Crippen LogP) is 4.36. The first-order chi connectivity index (χ1) is 10.7. The van der Waals surface area contributed by atoms with Gasteiger partial charge in [-0.25, -0.2) is 0 Å². The molecule has 2 rings (SSSR count). The van der Waals surface area contributed by atoms with Crippen molar-refractivity contribution in [1.29, 1.82) is 0 Å². The van der Waals surface area contributed by atoms with Gasteiger partial charge in [0.15, 0.2) is 11.5 Å². The Bertz CT molecular complexity index is 543. The van der Waals surface area contributed by atoms with Gasteiger partial charge in [0.1, 0.15) is 0 Å². The highest BCUT2D eigenvalue weighted by molar-refractivity contribution is 5.98. The van der Waals surface area contributed by atoms with Crippen LogP contribution in [-0.4, -0.2) is 11.8 Å². The molecule has 3 heteroatoms. The van der Waals surface area contributed by atoms with Crippen molar-refractivity contribution in [3.63, 3.8) is 0 Å². The van der Waals surface area contributed by atoms with Gasteiger partial charge in [-0.15, -0.1) is 0 Å². The Morgan fingerprint density at radius 2 is 1.86 bits per heavy atom. The van der Waals surface area contributed by atoms with E-state index in [-0.39, 0.29) is 11.8 Å². The predicted molar refractivity (Wildman–Crippen MR) is 86.3 cm³/mol. The normalized spacial score (nSPS) is 14.5. The second-order valence-electron chi connectivity index (χ2n) is 5.80. The molecule has 118 valence electrons. The second kappa shape index (κ2) is 8.52. The largest absolute Gasteiger partial charge is 0.423 e. The van der Waals surface area contributed by atoms with E-state index in [1.54, 1.807) is 0 Å². The van der Waals surface area contributed by atoms with E-state index < -0.39 is 0 Å². The molecule has 22 heavy (non-hydrogen) atoms. The maximum atomic E-state index is 12.0. The van der Waals surface area contributed by atoms with E-state index in [2.05, 4.69) is 6.92 Å². The molecule has 0 spiro atoms. The molecule has 0 N–H and O–H groups in total. The lowest BCUT2D eigenvalue weighted by Crippen LogP contribution is -2.10. The van der Waals surface area contributed by atoms with Crippen molar-refractivity contribution < 1.29 is 14.3 Å². The molecule has 0 aromatic heterocycles. The standard InChI is InChI=1S/C19H24O3/c1-2-3-4-8-11-18(21)22-19-16(12-13-17(19)20)14-15-9-6-5-7-10-15/h5-7,9-10H,2-4,8,11-14H2,1H3. The summed E-state index contributed by atoms with van der Waals surface area (Å²) >= 11 is 0. The first-order valence-electron chi connectivity index (χ1n) is 8.20. The zero-order valence-electron chi connectivity index (χ0n) is 13.3. The molecule has 1 aromatic carbocycles. The molecule has 0 heterocycles. The molecule has 1 aromatic rings. The van der Waals surface area contributed by atoms with Gasteiger partial charge < -0.3 is 4.74 Å². The average Bonchev–Trinajstić information content (AvgIpc) is 2.86. The minimum atomic E-state index is -0.271. The van der Waals surface area contributed by atoms with Gasteiger partial charge in [-0.05, 0) is 30.4 Å². The molecule has 1 aliphatic carbocycles. The summed E-state index contributed by atoms with van der Waals surface area (Å²) in [5.74, 6) is 0.00380. The highest BCUT2D eigenvalue weighted by Gasteiger charge is 2.26. The monoisotopic (exact) mass is 300 g/mol. The van der Waals surface area contributed by atoms with E-state index >= 15 is 0 Å². The number of carbonyl (C=O) groups excluding carboxylic acids is 2. The van der Waals surface area contributed by atoms with Crippen LogP contribution in [0.25, 0.3) is 0 Å². The maximum absolute atomic E-state index is 12.0. The summed E-state index contributed by atoms with van der Waals surface area (Å²) < 4.78 is 5.38. The van der Waals surface area contributed by atoms with Crippen molar-refractivity contribution in [1.82, 2.24) is 0 Å². The number of esters is 1. The van der Waals surface area contributed by atoms with E-state index in [1.807, 2.05) is 30.3 Å². The van der Waals surface area contributed by atoms with Gasteiger partial charge in [0, 0.05) is 12.8 Å². The zero-order valence-corrected chi connectivity index (χ0v) is 13.3. The van der Waals surface area contributed by atoms with Crippen molar-refractivity contribution in [2.75, 3.05) is 0 Å². The minimum Gasteiger partial charge on any atom is -0.423 e. The number of ketones is 1. The first-order valence-corrected chi connectivity index (χ1v) is 8.20. The summed E-state index contributed by atoms with van der Waals surface area (Å²) in [5, 5.41) is 0. The molecule has 0 saturated heterocycles. The summed E-state index contributed by atoms with van der Waals surface area (Å²) in [4.78, 5) is 23.8. The Morgan fingerprint density at radius 3 is 2.59 bits per heavy atom. The van der Waals surface area contributed by atoms with Crippen molar-refractivity contribution in [2.24, 2.45) is 0 Å². The number of ether oxygens (including phenoxy) is 1. The number of hydrogen-bond acceptors (Lipinski definition) is 3. The van der Waals surface area contributed by atoms with E-state index in [9.17, 15) is 9.59 Å². The topological polar surface area (TPSA) is 43.4 Å². The zero-order chi connectivity index (χ0) is 15.8. The fourth-order valence-corrected chi connectivity index (χ4v) is 2.69. The van der Waals surface area contributed by atoms with Crippen LogP contribution in [-0.2, 0) is 20.7 Å². The maximum Gasteiger partial charge on any atom is 0.311 e. The summed E-state index contributed by atoms with van der Waals surface area (Å²) in [6, 6.07) is 9.98. The third-order valence-electron chi connectivity index (χ3n) is 3.94. The number of carbonyl (C=O) groups is 2.